The number of thiophene rings is 1. The molecule has 2 heterocycles. The summed E-state index contributed by atoms with van der Waals surface area (Å²) in [7, 11) is 0. The van der Waals surface area contributed by atoms with Gasteiger partial charge < -0.3 is 5.32 Å². The fraction of sp³-hybridized carbons (Fsp3) is 0.118. The van der Waals surface area contributed by atoms with Crippen molar-refractivity contribution in [2.75, 3.05) is 0 Å². The molecule has 0 fully saturated rings. The van der Waals surface area contributed by atoms with Crippen LogP contribution in [0.25, 0.3) is 11.3 Å². The summed E-state index contributed by atoms with van der Waals surface area (Å²) < 4.78 is 39.1. The summed E-state index contributed by atoms with van der Waals surface area (Å²) in [6.07, 6.45) is -1.60. The smallest absolute Gasteiger partial charge is 0.346 e. The van der Waals surface area contributed by atoms with Crippen molar-refractivity contribution in [3.63, 3.8) is 0 Å². The molecule has 25 heavy (non-hydrogen) atoms. The van der Waals surface area contributed by atoms with Crippen LogP contribution in [0, 0.1) is 0 Å². The molecule has 1 N–H and O–H groups in total. The molecule has 0 bridgehead atoms. The van der Waals surface area contributed by atoms with Crippen molar-refractivity contribution < 1.29 is 18.0 Å². The van der Waals surface area contributed by atoms with E-state index in [1.807, 2.05) is 16.8 Å². The van der Waals surface area contributed by atoms with E-state index in [2.05, 4.69) is 15.3 Å². The average Bonchev–Trinajstić information content (AvgIpc) is 3.13. The van der Waals surface area contributed by atoms with E-state index >= 15 is 0 Å². The highest BCUT2D eigenvalue weighted by Gasteiger charge is 2.34. The minimum absolute atomic E-state index is 0.0238. The van der Waals surface area contributed by atoms with Gasteiger partial charge in [-0.15, -0.1) is 0 Å². The third-order valence-corrected chi connectivity index (χ3v) is 4.15. The average molecular weight is 363 g/mol. The Bertz CT molecular complexity index is 879. The van der Waals surface area contributed by atoms with Crippen LogP contribution < -0.4 is 5.32 Å². The number of nitrogens with one attached hydrogen (secondary N) is 1. The summed E-state index contributed by atoms with van der Waals surface area (Å²) in [4.78, 5) is 20.6. The van der Waals surface area contributed by atoms with Gasteiger partial charge in [-0.25, -0.2) is 0 Å². The van der Waals surface area contributed by atoms with E-state index in [1.165, 1.54) is 35.9 Å². The van der Waals surface area contributed by atoms with Crippen LogP contribution >= 0.6 is 11.3 Å². The number of carbonyl (C=O) groups excluding carboxylic acids is 1. The lowest BCUT2D eigenvalue weighted by molar-refractivity contribution is -0.137. The molecule has 0 aliphatic carbocycles. The van der Waals surface area contributed by atoms with Crippen LogP contribution in [-0.4, -0.2) is 15.9 Å². The molecule has 0 aliphatic heterocycles. The molecule has 0 unspecified atom stereocenters. The molecular weight excluding hydrogens is 351 g/mol. The Hall–Kier alpha value is -2.74. The number of rotatable bonds is 4. The summed E-state index contributed by atoms with van der Waals surface area (Å²) >= 11 is 1.49. The van der Waals surface area contributed by atoms with Crippen LogP contribution in [0.15, 0.2) is 53.5 Å². The van der Waals surface area contributed by atoms with Crippen molar-refractivity contribution >= 4 is 17.2 Å². The molecule has 3 aromatic rings. The third kappa shape index (κ3) is 3.85. The van der Waals surface area contributed by atoms with E-state index in [9.17, 15) is 18.0 Å². The van der Waals surface area contributed by atoms with Crippen molar-refractivity contribution in [2.24, 2.45) is 0 Å². The number of benzene rings is 1. The Labute approximate surface area is 145 Å². The van der Waals surface area contributed by atoms with Gasteiger partial charge in [-0.05, 0) is 23.6 Å². The number of hydrogen-bond donors (Lipinski definition) is 1. The second-order valence-corrected chi connectivity index (χ2v) is 5.87. The molecule has 3 rings (SSSR count). The van der Waals surface area contributed by atoms with Crippen LogP contribution in [-0.2, 0) is 12.7 Å². The number of nitrogens with zero attached hydrogens (tertiary/aromatic N) is 2. The zero-order valence-corrected chi connectivity index (χ0v) is 13.6. The minimum atomic E-state index is -4.59. The second-order valence-electron chi connectivity index (χ2n) is 5.09. The van der Waals surface area contributed by atoms with Gasteiger partial charge in [0.15, 0.2) is 0 Å². The SMILES string of the molecule is O=C(NCc1nccnc1-c1ccsc1)c1ccccc1C(F)(F)F. The topological polar surface area (TPSA) is 54.9 Å². The highest BCUT2D eigenvalue weighted by Crippen LogP contribution is 2.31. The Balaban J connectivity index is 1.81. The van der Waals surface area contributed by atoms with E-state index in [0.29, 0.717) is 11.4 Å². The zero-order chi connectivity index (χ0) is 17.9. The van der Waals surface area contributed by atoms with E-state index in [-0.39, 0.29) is 6.54 Å². The van der Waals surface area contributed by atoms with Gasteiger partial charge >= 0.3 is 6.18 Å². The lowest BCUT2D eigenvalue weighted by Crippen LogP contribution is -2.26. The third-order valence-electron chi connectivity index (χ3n) is 3.46. The first-order valence-corrected chi connectivity index (χ1v) is 8.18. The molecule has 0 aliphatic rings. The van der Waals surface area contributed by atoms with E-state index in [4.69, 9.17) is 0 Å². The number of halogens is 3. The maximum absolute atomic E-state index is 13.0. The van der Waals surface area contributed by atoms with E-state index < -0.39 is 23.2 Å². The van der Waals surface area contributed by atoms with Gasteiger partial charge in [0, 0.05) is 23.3 Å². The Morgan fingerprint density at radius 2 is 1.88 bits per heavy atom. The van der Waals surface area contributed by atoms with Crippen molar-refractivity contribution in [1.29, 1.82) is 0 Å². The van der Waals surface area contributed by atoms with Crippen LogP contribution in [0.2, 0.25) is 0 Å². The molecule has 2 aromatic heterocycles. The van der Waals surface area contributed by atoms with Crippen molar-refractivity contribution in [3.8, 4) is 11.3 Å². The highest BCUT2D eigenvalue weighted by atomic mass is 32.1. The van der Waals surface area contributed by atoms with E-state index in [0.717, 1.165) is 17.7 Å². The van der Waals surface area contributed by atoms with Gasteiger partial charge in [0.1, 0.15) is 0 Å². The highest BCUT2D eigenvalue weighted by molar-refractivity contribution is 7.08. The van der Waals surface area contributed by atoms with Crippen molar-refractivity contribution in [2.45, 2.75) is 12.7 Å². The molecule has 0 spiro atoms. The molecule has 1 amide bonds. The normalized spacial score (nSPS) is 11.3. The molecule has 0 radical (unpaired) electrons. The number of amides is 1. The first-order valence-electron chi connectivity index (χ1n) is 7.23. The van der Waals surface area contributed by atoms with Crippen LogP contribution in [0.4, 0.5) is 13.2 Å². The molecule has 1 aromatic carbocycles. The van der Waals surface area contributed by atoms with Crippen LogP contribution in [0.1, 0.15) is 21.6 Å². The molecule has 8 heteroatoms. The molecule has 0 saturated heterocycles. The first-order chi connectivity index (χ1) is 12.0. The lowest BCUT2D eigenvalue weighted by Gasteiger charge is -2.13. The van der Waals surface area contributed by atoms with Crippen LogP contribution in [0.3, 0.4) is 0 Å². The molecule has 4 nitrogen and oxygen atoms in total. The number of aromatic nitrogens is 2. The van der Waals surface area contributed by atoms with Crippen LogP contribution in [0.5, 0.6) is 0 Å². The van der Waals surface area contributed by atoms with Gasteiger partial charge in [0.05, 0.1) is 29.1 Å². The van der Waals surface area contributed by atoms with Gasteiger partial charge in [0.25, 0.3) is 5.91 Å². The summed E-state index contributed by atoms with van der Waals surface area (Å²) in [6, 6.07) is 6.53. The zero-order valence-electron chi connectivity index (χ0n) is 12.7. The standard InChI is InChI=1S/C17H12F3N3OS/c18-17(19,20)13-4-2-1-3-12(13)16(24)23-9-14-15(22-7-6-21-14)11-5-8-25-10-11/h1-8,10H,9H2,(H,23,24). The fourth-order valence-electron chi connectivity index (χ4n) is 2.32. The monoisotopic (exact) mass is 363 g/mol. The van der Waals surface area contributed by atoms with Gasteiger partial charge in [-0.2, -0.15) is 24.5 Å². The number of hydrogen-bond acceptors (Lipinski definition) is 4. The summed E-state index contributed by atoms with van der Waals surface area (Å²) in [5.74, 6) is -0.810. The summed E-state index contributed by atoms with van der Waals surface area (Å²) in [5, 5.41) is 6.26. The van der Waals surface area contributed by atoms with Crippen molar-refractivity contribution in [3.05, 3.63) is 70.3 Å². The maximum atomic E-state index is 13.0. The molecule has 0 saturated carbocycles. The minimum Gasteiger partial charge on any atom is -0.346 e. The molecule has 0 atom stereocenters. The predicted octanol–water partition coefficient (Wildman–Crippen LogP) is 4.15. The summed E-state index contributed by atoms with van der Waals surface area (Å²) in [5.41, 5.74) is 0.533. The maximum Gasteiger partial charge on any atom is 0.417 e. The number of carbonyl (C=O) groups is 1. The quantitative estimate of drug-likeness (QED) is 0.757. The molecule has 128 valence electrons. The number of alkyl halides is 3. The van der Waals surface area contributed by atoms with Crippen molar-refractivity contribution in [1.82, 2.24) is 15.3 Å². The lowest BCUT2D eigenvalue weighted by atomic mass is 10.1. The summed E-state index contributed by atoms with van der Waals surface area (Å²) in [6.45, 7) is -0.0238. The second kappa shape index (κ2) is 7.02. The molecular formula is C17H12F3N3OS. The predicted molar refractivity (Wildman–Crippen MR) is 88.0 cm³/mol. The first kappa shape index (κ1) is 17.1. The van der Waals surface area contributed by atoms with Gasteiger partial charge in [-0.1, -0.05) is 12.1 Å². The fourth-order valence-corrected chi connectivity index (χ4v) is 2.96. The van der Waals surface area contributed by atoms with Gasteiger partial charge in [-0.3, -0.25) is 14.8 Å². The largest absolute Gasteiger partial charge is 0.417 e. The van der Waals surface area contributed by atoms with Gasteiger partial charge in [0.2, 0.25) is 0 Å². The Morgan fingerprint density at radius 3 is 2.60 bits per heavy atom. The van der Waals surface area contributed by atoms with E-state index in [1.54, 1.807) is 0 Å². The Kier molecular flexibility index (Phi) is 4.80. The Morgan fingerprint density at radius 1 is 1.12 bits per heavy atom.